The van der Waals surface area contributed by atoms with E-state index < -0.39 is 35.6 Å². The van der Waals surface area contributed by atoms with Crippen LogP contribution in [0.2, 0.25) is 0 Å². The van der Waals surface area contributed by atoms with Crippen LogP contribution in [0.25, 0.3) is 0 Å². The molecular weight excluding hydrogens is 298 g/mol. The number of nitrogens with two attached hydrogens (primary N) is 1. The SMILES string of the molecule is C[C@@H](NC(=O)OC(C)(C)C)C(=O)NC(C(N)=O)c1ccccc1. The monoisotopic (exact) mass is 321 g/mol. The molecule has 0 aliphatic carbocycles. The van der Waals surface area contributed by atoms with Gasteiger partial charge < -0.3 is 21.1 Å². The van der Waals surface area contributed by atoms with Gasteiger partial charge >= 0.3 is 6.09 Å². The van der Waals surface area contributed by atoms with Gasteiger partial charge in [-0.15, -0.1) is 0 Å². The summed E-state index contributed by atoms with van der Waals surface area (Å²) < 4.78 is 5.07. The second kappa shape index (κ2) is 7.62. The van der Waals surface area contributed by atoms with Crippen LogP contribution in [-0.4, -0.2) is 29.6 Å². The number of nitrogens with one attached hydrogen (secondary N) is 2. The van der Waals surface area contributed by atoms with Gasteiger partial charge in [0.15, 0.2) is 0 Å². The predicted octanol–water partition coefficient (Wildman–Crippen LogP) is 1.24. The zero-order valence-corrected chi connectivity index (χ0v) is 13.8. The Morgan fingerprint density at radius 1 is 1.09 bits per heavy atom. The van der Waals surface area contributed by atoms with E-state index in [0.29, 0.717) is 5.56 Å². The molecule has 0 radical (unpaired) electrons. The van der Waals surface area contributed by atoms with Gasteiger partial charge in [-0.3, -0.25) is 9.59 Å². The zero-order chi connectivity index (χ0) is 17.6. The number of carbonyl (C=O) groups is 3. The van der Waals surface area contributed by atoms with Crippen molar-refractivity contribution in [1.82, 2.24) is 10.6 Å². The Kier molecular flexibility index (Phi) is 6.12. The number of hydrogen-bond acceptors (Lipinski definition) is 4. The Hall–Kier alpha value is -2.57. The summed E-state index contributed by atoms with van der Waals surface area (Å²) in [5, 5.41) is 4.92. The van der Waals surface area contributed by atoms with E-state index in [1.807, 2.05) is 0 Å². The highest BCUT2D eigenvalue weighted by atomic mass is 16.6. The molecular formula is C16H23N3O4. The maximum absolute atomic E-state index is 12.1. The second-order valence-electron chi connectivity index (χ2n) is 6.12. The van der Waals surface area contributed by atoms with E-state index in [1.165, 1.54) is 6.92 Å². The summed E-state index contributed by atoms with van der Waals surface area (Å²) in [7, 11) is 0. The van der Waals surface area contributed by atoms with Gasteiger partial charge in [-0.2, -0.15) is 0 Å². The van der Waals surface area contributed by atoms with E-state index in [0.717, 1.165) is 0 Å². The number of primary amides is 1. The van der Waals surface area contributed by atoms with Gasteiger partial charge in [-0.25, -0.2) is 4.79 Å². The first-order chi connectivity index (χ1) is 10.6. The molecule has 0 saturated heterocycles. The summed E-state index contributed by atoms with van der Waals surface area (Å²) in [5.74, 6) is -1.22. The fourth-order valence-corrected chi connectivity index (χ4v) is 1.78. The molecule has 4 N–H and O–H groups in total. The molecule has 3 amide bonds. The highest BCUT2D eigenvalue weighted by Gasteiger charge is 2.25. The smallest absolute Gasteiger partial charge is 0.408 e. The highest BCUT2D eigenvalue weighted by Crippen LogP contribution is 2.12. The Balaban J connectivity index is 2.69. The summed E-state index contributed by atoms with van der Waals surface area (Å²) >= 11 is 0. The lowest BCUT2D eigenvalue weighted by Gasteiger charge is -2.23. The molecule has 1 aromatic rings. The molecule has 1 aromatic carbocycles. The van der Waals surface area contributed by atoms with E-state index in [9.17, 15) is 14.4 Å². The van der Waals surface area contributed by atoms with Crippen LogP contribution in [0.15, 0.2) is 30.3 Å². The van der Waals surface area contributed by atoms with Gasteiger partial charge in [0, 0.05) is 0 Å². The molecule has 0 saturated carbocycles. The quantitative estimate of drug-likeness (QED) is 0.757. The van der Waals surface area contributed by atoms with Crippen LogP contribution in [0.3, 0.4) is 0 Å². The lowest BCUT2D eigenvalue weighted by atomic mass is 10.1. The minimum Gasteiger partial charge on any atom is -0.444 e. The zero-order valence-electron chi connectivity index (χ0n) is 13.8. The van der Waals surface area contributed by atoms with Crippen molar-refractivity contribution in [3.8, 4) is 0 Å². The molecule has 23 heavy (non-hydrogen) atoms. The Morgan fingerprint density at radius 2 is 1.65 bits per heavy atom. The third-order valence-corrected chi connectivity index (χ3v) is 2.83. The van der Waals surface area contributed by atoms with Gasteiger partial charge in [0.05, 0.1) is 0 Å². The molecule has 0 aliphatic heterocycles. The van der Waals surface area contributed by atoms with Gasteiger partial charge in [0.1, 0.15) is 17.7 Å². The maximum atomic E-state index is 12.1. The third kappa shape index (κ3) is 6.37. The minimum absolute atomic E-state index is 0.538. The molecule has 0 aliphatic rings. The van der Waals surface area contributed by atoms with Crippen molar-refractivity contribution in [3.05, 3.63) is 35.9 Å². The van der Waals surface area contributed by atoms with Crippen molar-refractivity contribution in [3.63, 3.8) is 0 Å². The molecule has 1 unspecified atom stereocenters. The Bertz CT molecular complexity index is 566. The number of hydrogen-bond donors (Lipinski definition) is 3. The van der Waals surface area contributed by atoms with E-state index in [-0.39, 0.29) is 0 Å². The average molecular weight is 321 g/mol. The third-order valence-electron chi connectivity index (χ3n) is 2.83. The molecule has 1 rings (SSSR count). The molecule has 0 heterocycles. The van der Waals surface area contributed by atoms with Crippen molar-refractivity contribution in [2.45, 2.75) is 45.4 Å². The summed E-state index contributed by atoms with van der Waals surface area (Å²) in [5.41, 5.74) is 5.24. The number of rotatable bonds is 5. The van der Waals surface area contributed by atoms with Crippen molar-refractivity contribution >= 4 is 17.9 Å². The molecule has 0 spiro atoms. The van der Waals surface area contributed by atoms with Crippen molar-refractivity contribution in [2.75, 3.05) is 0 Å². The average Bonchev–Trinajstić information content (AvgIpc) is 2.42. The summed E-state index contributed by atoms with van der Waals surface area (Å²) in [4.78, 5) is 35.4. The fourth-order valence-electron chi connectivity index (χ4n) is 1.78. The van der Waals surface area contributed by atoms with Crippen LogP contribution >= 0.6 is 0 Å². The topological polar surface area (TPSA) is 111 Å². The number of ether oxygens (including phenoxy) is 1. The van der Waals surface area contributed by atoms with E-state index in [1.54, 1.807) is 51.1 Å². The van der Waals surface area contributed by atoms with Crippen LogP contribution < -0.4 is 16.4 Å². The van der Waals surface area contributed by atoms with Gasteiger partial charge in [0.25, 0.3) is 0 Å². The fraction of sp³-hybridized carbons (Fsp3) is 0.438. The standard InChI is InChI=1S/C16H23N3O4/c1-10(18-15(22)23-16(2,3)4)14(21)19-12(13(17)20)11-8-6-5-7-9-11/h5-10,12H,1-4H3,(H2,17,20)(H,18,22)(H,19,21)/t10-,12?/m1/s1. The van der Waals surface area contributed by atoms with Gasteiger partial charge in [-0.1, -0.05) is 30.3 Å². The number of carbonyl (C=O) groups excluding carboxylic acids is 3. The Morgan fingerprint density at radius 3 is 2.13 bits per heavy atom. The largest absolute Gasteiger partial charge is 0.444 e. The first-order valence-electron chi connectivity index (χ1n) is 7.24. The first-order valence-corrected chi connectivity index (χ1v) is 7.24. The molecule has 2 atom stereocenters. The second-order valence-corrected chi connectivity index (χ2v) is 6.12. The molecule has 0 aromatic heterocycles. The van der Waals surface area contributed by atoms with Crippen LogP contribution in [0, 0.1) is 0 Å². The minimum atomic E-state index is -0.966. The van der Waals surface area contributed by atoms with Crippen molar-refractivity contribution in [2.24, 2.45) is 5.73 Å². The maximum Gasteiger partial charge on any atom is 0.408 e. The summed E-state index contributed by atoms with van der Waals surface area (Å²) in [6.07, 6.45) is -0.713. The molecule has 7 nitrogen and oxygen atoms in total. The summed E-state index contributed by atoms with van der Waals surface area (Å²) in [6, 6.07) is 6.78. The number of benzene rings is 1. The van der Waals surface area contributed by atoms with Crippen molar-refractivity contribution in [1.29, 1.82) is 0 Å². The number of alkyl carbamates (subject to hydrolysis) is 1. The highest BCUT2D eigenvalue weighted by molar-refractivity contribution is 5.91. The van der Waals surface area contributed by atoms with Crippen molar-refractivity contribution < 1.29 is 19.1 Å². The lowest BCUT2D eigenvalue weighted by Crippen LogP contribution is -2.49. The van der Waals surface area contributed by atoms with E-state index in [2.05, 4.69) is 10.6 Å². The van der Waals surface area contributed by atoms with E-state index in [4.69, 9.17) is 10.5 Å². The normalized spacial score (nSPS) is 13.6. The van der Waals surface area contributed by atoms with Crippen LogP contribution in [0.1, 0.15) is 39.3 Å². The lowest BCUT2D eigenvalue weighted by molar-refractivity contribution is -0.128. The van der Waals surface area contributed by atoms with Gasteiger partial charge in [-0.05, 0) is 33.3 Å². The van der Waals surface area contributed by atoms with Crippen LogP contribution in [0.4, 0.5) is 4.79 Å². The van der Waals surface area contributed by atoms with E-state index >= 15 is 0 Å². The first kappa shape index (κ1) is 18.5. The predicted molar refractivity (Wildman–Crippen MR) is 85.4 cm³/mol. The van der Waals surface area contributed by atoms with Gasteiger partial charge in [0.2, 0.25) is 11.8 Å². The molecule has 126 valence electrons. The molecule has 7 heteroatoms. The summed E-state index contributed by atoms with van der Waals surface area (Å²) in [6.45, 7) is 6.64. The van der Waals surface area contributed by atoms with Crippen LogP contribution in [-0.2, 0) is 14.3 Å². The molecule has 0 bridgehead atoms. The Labute approximate surface area is 135 Å². The molecule has 0 fully saturated rings. The number of amides is 3. The van der Waals surface area contributed by atoms with Crippen LogP contribution in [0.5, 0.6) is 0 Å².